The lowest BCUT2D eigenvalue weighted by Gasteiger charge is -2.19. The number of hydrogen-bond donors (Lipinski definition) is 1. The monoisotopic (exact) mass is 350 g/mol. The van der Waals surface area contributed by atoms with Crippen LogP contribution in [0.5, 0.6) is 5.75 Å². The fraction of sp³-hybridized carbons (Fsp3) is 0.632. The molecule has 0 atom stereocenters. The van der Waals surface area contributed by atoms with Gasteiger partial charge < -0.3 is 15.0 Å². The summed E-state index contributed by atoms with van der Waals surface area (Å²) in [6.07, 6.45) is 7.03. The van der Waals surface area contributed by atoms with E-state index in [1.807, 2.05) is 24.3 Å². The molecule has 0 saturated carbocycles. The predicted molar refractivity (Wildman–Crippen MR) is 101 cm³/mol. The van der Waals surface area contributed by atoms with E-state index in [9.17, 15) is 4.79 Å². The first-order chi connectivity index (χ1) is 11.8. The SMILES string of the molecule is COc1ccc(SCCC(=O)NCCCN2CCCCCC2)cc1. The van der Waals surface area contributed by atoms with E-state index in [-0.39, 0.29) is 5.91 Å². The van der Waals surface area contributed by atoms with Gasteiger partial charge in [0.25, 0.3) is 0 Å². The highest BCUT2D eigenvalue weighted by atomic mass is 32.2. The Balaban J connectivity index is 1.51. The van der Waals surface area contributed by atoms with Crippen LogP contribution in [0.1, 0.15) is 38.5 Å². The highest BCUT2D eigenvalue weighted by molar-refractivity contribution is 7.99. The van der Waals surface area contributed by atoms with E-state index in [0.717, 1.165) is 31.0 Å². The molecule has 5 heteroatoms. The van der Waals surface area contributed by atoms with Crippen molar-refractivity contribution in [2.24, 2.45) is 0 Å². The third-order valence-electron chi connectivity index (χ3n) is 4.33. The number of carbonyl (C=O) groups excluding carboxylic acids is 1. The van der Waals surface area contributed by atoms with Gasteiger partial charge in [-0.05, 0) is 63.2 Å². The molecular formula is C19H30N2O2S. The number of hydrogen-bond acceptors (Lipinski definition) is 4. The van der Waals surface area contributed by atoms with E-state index in [2.05, 4.69) is 10.2 Å². The predicted octanol–water partition coefficient (Wildman–Crippen LogP) is 3.56. The van der Waals surface area contributed by atoms with Crippen molar-refractivity contribution >= 4 is 17.7 Å². The third kappa shape index (κ3) is 7.58. The maximum absolute atomic E-state index is 11.9. The first-order valence-corrected chi connectivity index (χ1v) is 10.0. The number of nitrogens with zero attached hydrogens (tertiary/aromatic N) is 1. The van der Waals surface area contributed by atoms with Gasteiger partial charge in [0.05, 0.1) is 7.11 Å². The van der Waals surface area contributed by atoms with E-state index < -0.39 is 0 Å². The van der Waals surface area contributed by atoms with Gasteiger partial charge in [0.1, 0.15) is 5.75 Å². The van der Waals surface area contributed by atoms with Crippen LogP contribution < -0.4 is 10.1 Å². The molecule has 1 saturated heterocycles. The summed E-state index contributed by atoms with van der Waals surface area (Å²) in [7, 11) is 1.67. The van der Waals surface area contributed by atoms with Crippen LogP contribution in [0.15, 0.2) is 29.2 Å². The smallest absolute Gasteiger partial charge is 0.220 e. The lowest BCUT2D eigenvalue weighted by Crippen LogP contribution is -2.30. The normalized spacial score (nSPS) is 15.7. The molecule has 0 aliphatic carbocycles. The van der Waals surface area contributed by atoms with Gasteiger partial charge in [0.15, 0.2) is 0 Å². The number of methoxy groups -OCH3 is 1. The molecule has 1 fully saturated rings. The van der Waals surface area contributed by atoms with Gasteiger partial charge >= 0.3 is 0 Å². The Kier molecular flexibility index (Phi) is 9.06. The van der Waals surface area contributed by atoms with Crippen molar-refractivity contribution in [2.75, 3.05) is 39.0 Å². The van der Waals surface area contributed by atoms with Crippen molar-refractivity contribution in [2.45, 2.75) is 43.4 Å². The second-order valence-corrected chi connectivity index (χ2v) is 7.40. The van der Waals surface area contributed by atoms with Crippen molar-refractivity contribution in [3.8, 4) is 5.75 Å². The summed E-state index contributed by atoms with van der Waals surface area (Å²) in [6, 6.07) is 7.96. The number of ether oxygens (including phenoxy) is 1. The quantitative estimate of drug-likeness (QED) is 0.546. The zero-order valence-electron chi connectivity index (χ0n) is 14.8. The Morgan fingerprint density at radius 3 is 2.54 bits per heavy atom. The second kappa shape index (κ2) is 11.4. The number of carbonyl (C=O) groups is 1. The van der Waals surface area contributed by atoms with Crippen LogP contribution in [0.4, 0.5) is 0 Å². The summed E-state index contributed by atoms with van der Waals surface area (Å²) in [5.74, 6) is 1.83. The van der Waals surface area contributed by atoms with Gasteiger partial charge in [-0.2, -0.15) is 0 Å². The van der Waals surface area contributed by atoms with Gasteiger partial charge in [-0.3, -0.25) is 4.79 Å². The summed E-state index contributed by atoms with van der Waals surface area (Å²) in [5, 5.41) is 3.04. The Morgan fingerprint density at radius 1 is 1.17 bits per heavy atom. The van der Waals surface area contributed by atoms with E-state index in [0.29, 0.717) is 6.42 Å². The van der Waals surface area contributed by atoms with Crippen LogP contribution in [-0.4, -0.2) is 49.8 Å². The Bertz CT molecular complexity index is 471. The molecule has 1 aliphatic rings. The molecule has 0 aromatic heterocycles. The maximum atomic E-state index is 11.9. The molecular weight excluding hydrogens is 320 g/mol. The summed E-state index contributed by atoms with van der Waals surface area (Å²) in [4.78, 5) is 15.6. The molecule has 134 valence electrons. The largest absolute Gasteiger partial charge is 0.497 e. The van der Waals surface area contributed by atoms with Gasteiger partial charge in [-0.25, -0.2) is 0 Å². The summed E-state index contributed by atoms with van der Waals surface area (Å²) < 4.78 is 5.14. The minimum Gasteiger partial charge on any atom is -0.497 e. The van der Waals surface area contributed by atoms with Gasteiger partial charge in [-0.1, -0.05) is 12.8 Å². The van der Waals surface area contributed by atoms with Crippen LogP contribution in [-0.2, 0) is 4.79 Å². The molecule has 1 aromatic carbocycles. The van der Waals surface area contributed by atoms with Crippen molar-refractivity contribution in [1.82, 2.24) is 10.2 Å². The Morgan fingerprint density at radius 2 is 1.88 bits per heavy atom. The van der Waals surface area contributed by atoms with E-state index in [1.165, 1.54) is 43.7 Å². The van der Waals surface area contributed by atoms with Crippen molar-refractivity contribution in [3.05, 3.63) is 24.3 Å². The van der Waals surface area contributed by atoms with Crippen LogP contribution >= 0.6 is 11.8 Å². The van der Waals surface area contributed by atoms with Crippen molar-refractivity contribution in [1.29, 1.82) is 0 Å². The highest BCUT2D eigenvalue weighted by Crippen LogP contribution is 2.21. The molecule has 1 N–H and O–H groups in total. The Hall–Kier alpha value is -1.20. The maximum Gasteiger partial charge on any atom is 0.220 e. The molecule has 1 heterocycles. The molecule has 0 unspecified atom stereocenters. The van der Waals surface area contributed by atoms with E-state index in [1.54, 1.807) is 18.9 Å². The Labute approximate surface area is 150 Å². The first kappa shape index (κ1) is 19.1. The van der Waals surface area contributed by atoms with Crippen molar-refractivity contribution < 1.29 is 9.53 Å². The molecule has 1 amide bonds. The van der Waals surface area contributed by atoms with E-state index >= 15 is 0 Å². The topological polar surface area (TPSA) is 41.6 Å². The zero-order chi connectivity index (χ0) is 17.0. The third-order valence-corrected chi connectivity index (χ3v) is 5.34. The minimum absolute atomic E-state index is 0.159. The lowest BCUT2D eigenvalue weighted by molar-refractivity contribution is -0.120. The standard InChI is InChI=1S/C19H30N2O2S/c1-23-17-7-9-18(10-8-17)24-16-11-19(22)20-12-6-15-21-13-4-2-3-5-14-21/h7-10H,2-6,11-16H2,1H3,(H,20,22). The molecule has 1 aliphatic heterocycles. The molecule has 4 nitrogen and oxygen atoms in total. The fourth-order valence-electron chi connectivity index (χ4n) is 2.91. The summed E-state index contributed by atoms with van der Waals surface area (Å²) in [6.45, 7) is 4.36. The number of nitrogens with one attached hydrogen (secondary N) is 1. The van der Waals surface area contributed by atoms with Crippen LogP contribution in [0.2, 0.25) is 0 Å². The van der Waals surface area contributed by atoms with E-state index in [4.69, 9.17) is 4.74 Å². The molecule has 24 heavy (non-hydrogen) atoms. The molecule has 1 aromatic rings. The average molecular weight is 351 g/mol. The average Bonchev–Trinajstić information content (AvgIpc) is 2.88. The number of benzene rings is 1. The molecule has 0 radical (unpaired) electrons. The molecule has 2 rings (SSSR count). The van der Waals surface area contributed by atoms with Crippen LogP contribution in [0.3, 0.4) is 0 Å². The second-order valence-electron chi connectivity index (χ2n) is 6.23. The summed E-state index contributed by atoms with van der Waals surface area (Å²) >= 11 is 1.71. The number of amides is 1. The van der Waals surface area contributed by atoms with Gasteiger partial charge in [0.2, 0.25) is 5.91 Å². The first-order valence-electron chi connectivity index (χ1n) is 9.04. The zero-order valence-corrected chi connectivity index (χ0v) is 15.6. The molecule has 0 bridgehead atoms. The minimum atomic E-state index is 0.159. The number of likely N-dealkylation sites (tertiary alicyclic amines) is 1. The van der Waals surface area contributed by atoms with Crippen LogP contribution in [0, 0.1) is 0 Å². The van der Waals surface area contributed by atoms with Crippen LogP contribution in [0.25, 0.3) is 0 Å². The molecule has 0 spiro atoms. The number of thioether (sulfide) groups is 1. The van der Waals surface area contributed by atoms with Gasteiger partial charge in [-0.15, -0.1) is 11.8 Å². The highest BCUT2D eigenvalue weighted by Gasteiger charge is 2.08. The van der Waals surface area contributed by atoms with Gasteiger partial charge in [0, 0.05) is 23.6 Å². The van der Waals surface area contributed by atoms with Crippen molar-refractivity contribution in [3.63, 3.8) is 0 Å². The fourth-order valence-corrected chi connectivity index (χ4v) is 3.76. The summed E-state index contributed by atoms with van der Waals surface area (Å²) in [5.41, 5.74) is 0. The number of rotatable bonds is 9. The lowest BCUT2D eigenvalue weighted by atomic mass is 10.2.